The van der Waals surface area contributed by atoms with Crippen molar-refractivity contribution < 1.29 is 4.74 Å². The third-order valence-electron chi connectivity index (χ3n) is 6.75. The molecule has 0 saturated carbocycles. The Balaban J connectivity index is 1.43. The Morgan fingerprint density at radius 1 is 0.528 bits per heavy atom. The van der Waals surface area contributed by atoms with Gasteiger partial charge < -0.3 is 9.64 Å². The van der Waals surface area contributed by atoms with Gasteiger partial charge in [0.15, 0.2) is 0 Å². The first-order valence-electron chi connectivity index (χ1n) is 12.1. The molecule has 0 fully saturated rings. The van der Waals surface area contributed by atoms with Crippen molar-refractivity contribution in [1.29, 1.82) is 0 Å². The van der Waals surface area contributed by atoms with Gasteiger partial charge in [0.05, 0.1) is 5.69 Å². The minimum Gasteiger partial charge on any atom is -0.456 e. The van der Waals surface area contributed by atoms with Crippen LogP contribution in [0, 0.1) is 0 Å². The summed E-state index contributed by atoms with van der Waals surface area (Å²) in [5.74, 6) is 1.79. The number of aromatic nitrogens is 1. The fourth-order valence-corrected chi connectivity index (χ4v) is 5.10. The van der Waals surface area contributed by atoms with Crippen molar-refractivity contribution in [2.75, 3.05) is 4.90 Å². The van der Waals surface area contributed by atoms with Gasteiger partial charge in [0.1, 0.15) is 11.5 Å². The van der Waals surface area contributed by atoms with Crippen LogP contribution in [0.5, 0.6) is 11.5 Å². The van der Waals surface area contributed by atoms with E-state index in [1.54, 1.807) is 6.20 Å². The molecule has 36 heavy (non-hydrogen) atoms. The highest BCUT2D eigenvalue weighted by molar-refractivity contribution is 6.10. The molecule has 3 nitrogen and oxygen atoms in total. The monoisotopic (exact) mass is 462 g/mol. The molecule has 5 aromatic carbocycles. The summed E-state index contributed by atoms with van der Waals surface area (Å²) in [6, 6.07) is 42.3. The van der Waals surface area contributed by atoms with Crippen LogP contribution in [0.15, 0.2) is 134 Å². The third-order valence-corrected chi connectivity index (χ3v) is 6.75. The van der Waals surface area contributed by atoms with Gasteiger partial charge in [0, 0.05) is 40.1 Å². The molecule has 170 valence electrons. The van der Waals surface area contributed by atoms with E-state index < -0.39 is 0 Å². The molecule has 1 aliphatic rings. The maximum Gasteiger partial charge on any atom is 0.136 e. The number of fused-ring (bicyclic) bond motifs is 2. The van der Waals surface area contributed by atoms with Crippen molar-refractivity contribution in [2.24, 2.45) is 0 Å². The normalized spacial score (nSPS) is 11.6. The molecule has 0 amide bonds. The van der Waals surface area contributed by atoms with E-state index in [2.05, 4.69) is 113 Å². The lowest BCUT2D eigenvalue weighted by atomic mass is 9.93. The number of benzene rings is 5. The summed E-state index contributed by atoms with van der Waals surface area (Å²) in [7, 11) is 0. The molecular formula is C33H22N2O. The SMILES string of the molecule is c1ccc(N(c2ccc(-c3cccnc3)cc2)c2ccc3c4c(cccc24)-c2ccccc2O3)cc1. The second kappa shape index (κ2) is 8.40. The second-order valence-electron chi connectivity index (χ2n) is 8.87. The van der Waals surface area contributed by atoms with E-state index in [0.717, 1.165) is 56.0 Å². The van der Waals surface area contributed by atoms with E-state index in [9.17, 15) is 0 Å². The number of pyridine rings is 1. The van der Waals surface area contributed by atoms with Gasteiger partial charge in [-0.25, -0.2) is 0 Å². The highest BCUT2D eigenvalue weighted by Crippen LogP contribution is 2.50. The Morgan fingerprint density at radius 3 is 2.14 bits per heavy atom. The molecule has 0 atom stereocenters. The van der Waals surface area contributed by atoms with Crippen LogP contribution in [0.3, 0.4) is 0 Å². The number of hydrogen-bond acceptors (Lipinski definition) is 3. The van der Waals surface area contributed by atoms with Crippen LogP contribution >= 0.6 is 0 Å². The Labute approximate surface area is 209 Å². The molecular weight excluding hydrogens is 440 g/mol. The fraction of sp³-hybridized carbons (Fsp3) is 0. The van der Waals surface area contributed by atoms with Gasteiger partial charge in [-0.2, -0.15) is 0 Å². The van der Waals surface area contributed by atoms with Gasteiger partial charge in [0.2, 0.25) is 0 Å². The Morgan fingerprint density at radius 2 is 1.31 bits per heavy atom. The zero-order chi connectivity index (χ0) is 23.9. The number of anilines is 3. The zero-order valence-corrected chi connectivity index (χ0v) is 19.5. The summed E-state index contributed by atoms with van der Waals surface area (Å²) in [6.45, 7) is 0. The van der Waals surface area contributed by atoms with Gasteiger partial charge in [-0.3, -0.25) is 4.98 Å². The van der Waals surface area contributed by atoms with E-state index in [1.165, 1.54) is 5.56 Å². The molecule has 7 rings (SSSR count). The maximum atomic E-state index is 6.34. The lowest BCUT2D eigenvalue weighted by Crippen LogP contribution is -2.11. The van der Waals surface area contributed by atoms with Crippen molar-refractivity contribution in [3.05, 3.63) is 134 Å². The first-order chi connectivity index (χ1) is 17.9. The van der Waals surface area contributed by atoms with Crippen molar-refractivity contribution in [2.45, 2.75) is 0 Å². The zero-order valence-electron chi connectivity index (χ0n) is 19.5. The van der Waals surface area contributed by atoms with Crippen LogP contribution in [0.4, 0.5) is 17.1 Å². The first kappa shape index (κ1) is 20.5. The maximum absolute atomic E-state index is 6.34. The Bertz CT molecular complexity index is 1690. The smallest absolute Gasteiger partial charge is 0.136 e. The number of para-hydroxylation sites is 2. The molecule has 0 aliphatic carbocycles. The van der Waals surface area contributed by atoms with Crippen LogP contribution < -0.4 is 9.64 Å². The number of hydrogen-bond donors (Lipinski definition) is 0. The van der Waals surface area contributed by atoms with Crippen molar-refractivity contribution in [3.63, 3.8) is 0 Å². The first-order valence-corrected chi connectivity index (χ1v) is 12.1. The van der Waals surface area contributed by atoms with Crippen LogP contribution in [0.1, 0.15) is 0 Å². The largest absolute Gasteiger partial charge is 0.456 e. The minimum absolute atomic E-state index is 0.892. The lowest BCUT2D eigenvalue weighted by Gasteiger charge is -2.29. The van der Waals surface area contributed by atoms with Gasteiger partial charge >= 0.3 is 0 Å². The summed E-state index contributed by atoms with van der Waals surface area (Å²) >= 11 is 0. The number of nitrogens with zero attached hydrogens (tertiary/aromatic N) is 2. The van der Waals surface area contributed by atoms with E-state index in [1.807, 2.05) is 24.4 Å². The topological polar surface area (TPSA) is 25.4 Å². The van der Waals surface area contributed by atoms with E-state index in [-0.39, 0.29) is 0 Å². The van der Waals surface area contributed by atoms with E-state index in [0.29, 0.717) is 0 Å². The van der Waals surface area contributed by atoms with Crippen LogP contribution in [0.25, 0.3) is 33.0 Å². The quantitative estimate of drug-likeness (QED) is 0.261. The number of rotatable bonds is 4. The van der Waals surface area contributed by atoms with Gasteiger partial charge in [-0.15, -0.1) is 0 Å². The molecule has 3 heteroatoms. The van der Waals surface area contributed by atoms with Crippen molar-refractivity contribution in [1.82, 2.24) is 4.98 Å². The molecule has 6 aromatic rings. The van der Waals surface area contributed by atoms with Gasteiger partial charge in [-0.1, -0.05) is 72.8 Å². The van der Waals surface area contributed by atoms with Gasteiger partial charge in [-0.05, 0) is 65.2 Å². The highest BCUT2D eigenvalue weighted by atomic mass is 16.5. The standard InChI is InChI=1S/C33H22N2O/c1-2-9-25(10-3-1)35(26-17-15-23(16-18-26)24-8-7-21-34-22-24)30-19-20-32-33-28(12-6-13-29(30)33)27-11-4-5-14-31(27)36-32/h1-22H. The number of ether oxygens (including phenoxy) is 1. The second-order valence-corrected chi connectivity index (χ2v) is 8.87. The highest BCUT2D eigenvalue weighted by Gasteiger charge is 2.23. The molecule has 1 aromatic heterocycles. The summed E-state index contributed by atoms with van der Waals surface area (Å²) in [6.07, 6.45) is 3.70. The Kier molecular flexibility index (Phi) is 4.78. The summed E-state index contributed by atoms with van der Waals surface area (Å²) in [5.41, 5.74) is 7.87. The lowest BCUT2D eigenvalue weighted by molar-refractivity contribution is 0.487. The molecule has 0 bridgehead atoms. The molecule has 1 aliphatic heterocycles. The Hall–Kier alpha value is -4.89. The fourth-order valence-electron chi connectivity index (χ4n) is 5.10. The predicted octanol–water partition coefficient (Wildman–Crippen LogP) is 9.14. The van der Waals surface area contributed by atoms with Gasteiger partial charge in [0.25, 0.3) is 0 Å². The molecule has 0 radical (unpaired) electrons. The van der Waals surface area contributed by atoms with Crippen molar-refractivity contribution >= 4 is 27.8 Å². The molecule has 0 spiro atoms. The predicted molar refractivity (Wildman–Crippen MR) is 147 cm³/mol. The summed E-state index contributed by atoms with van der Waals surface area (Å²) < 4.78 is 6.34. The third kappa shape index (κ3) is 3.33. The summed E-state index contributed by atoms with van der Waals surface area (Å²) in [5, 5.41) is 2.29. The molecule has 0 N–H and O–H groups in total. The van der Waals surface area contributed by atoms with E-state index >= 15 is 0 Å². The van der Waals surface area contributed by atoms with Crippen LogP contribution in [-0.2, 0) is 0 Å². The average molecular weight is 463 g/mol. The minimum atomic E-state index is 0.892. The molecule has 0 saturated heterocycles. The van der Waals surface area contributed by atoms with Crippen molar-refractivity contribution in [3.8, 4) is 33.8 Å². The van der Waals surface area contributed by atoms with E-state index in [4.69, 9.17) is 4.74 Å². The van der Waals surface area contributed by atoms with Crippen LogP contribution in [0.2, 0.25) is 0 Å². The average Bonchev–Trinajstić information content (AvgIpc) is 2.96. The summed E-state index contributed by atoms with van der Waals surface area (Å²) in [4.78, 5) is 6.59. The van der Waals surface area contributed by atoms with Crippen LogP contribution in [-0.4, -0.2) is 4.98 Å². The molecule has 2 heterocycles. The molecule has 0 unspecified atom stereocenters.